The van der Waals surface area contributed by atoms with Gasteiger partial charge in [-0.15, -0.1) is 0 Å². The number of Topliss-reactive ketones (excluding diaryl/α,β-unsaturated/α-hetero) is 1. The maximum absolute atomic E-state index is 12.1. The number of hydrogen-bond acceptors (Lipinski definition) is 3. The number of ether oxygens (including phenoxy) is 1. The van der Waals surface area contributed by atoms with Crippen molar-refractivity contribution in [3.8, 4) is 5.75 Å². The van der Waals surface area contributed by atoms with Crippen LogP contribution in [0, 0.1) is 0 Å². The van der Waals surface area contributed by atoms with E-state index >= 15 is 0 Å². The highest BCUT2D eigenvalue weighted by Crippen LogP contribution is 2.16. The number of methoxy groups -OCH3 is 1. The Kier molecular flexibility index (Phi) is 5.07. The summed E-state index contributed by atoms with van der Waals surface area (Å²) in [5.41, 5.74) is 0.945. The van der Waals surface area contributed by atoms with Crippen molar-refractivity contribution in [1.29, 1.82) is 0 Å². The van der Waals surface area contributed by atoms with Crippen LogP contribution in [0.4, 0.5) is 0 Å². The lowest BCUT2D eigenvalue weighted by atomic mass is 10.1. The molecule has 0 aliphatic rings. The molecule has 0 bridgehead atoms. The summed E-state index contributed by atoms with van der Waals surface area (Å²) in [5.74, 6) is 0.644. The minimum absolute atomic E-state index is 0.0298. The monoisotopic (exact) mass is 288 g/mol. The van der Waals surface area contributed by atoms with Gasteiger partial charge in [0, 0.05) is 11.3 Å². The van der Waals surface area contributed by atoms with Crippen LogP contribution < -0.4 is 4.74 Å². The predicted molar refractivity (Wildman–Crippen MR) is 79.4 cm³/mol. The molecule has 0 saturated heterocycles. The standard InChI is InChI=1S/C16H16O3S/c1-19-15-8-5-9-16(11-15)20(18)12-14(17)10-13-6-3-2-4-7-13/h2-9,11H,10,12H2,1H3. The molecule has 0 aliphatic heterocycles. The Balaban J connectivity index is 1.98. The molecule has 104 valence electrons. The van der Waals surface area contributed by atoms with Gasteiger partial charge in [-0.1, -0.05) is 36.4 Å². The number of ketones is 1. The van der Waals surface area contributed by atoms with Gasteiger partial charge in [-0.25, -0.2) is 0 Å². The van der Waals surface area contributed by atoms with Gasteiger partial charge in [0.05, 0.1) is 23.7 Å². The van der Waals surface area contributed by atoms with E-state index in [-0.39, 0.29) is 11.5 Å². The fraction of sp³-hybridized carbons (Fsp3) is 0.188. The van der Waals surface area contributed by atoms with Crippen molar-refractivity contribution in [3.05, 3.63) is 60.2 Å². The van der Waals surface area contributed by atoms with Crippen LogP contribution >= 0.6 is 0 Å². The highest BCUT2D eigenvalue weighted by molar-refractivity contribution is 7.85. The third kappa shape index (κ3) is 4.03. The molecule has 0 saturated carbocycles. The van der Waals surface area contributed by atoms with E-state index in [1.807, 2.05) is 30.3 Å². The highest BCUT2D eigenvalue weighted by atomic mass is 32.2. The van der Waals surface area contributed by atoms with Crippen LogP contribution in [-0.2, 0) is 22.0 Å². The molecule has 1 atom stereocenters. The third-order valence-electron chi connectivity index (χ3n) is 2.84. The van der Waals surface area contributed by atoms with Crippen molar-refractivity contribution in [2.45, 2.75) is 11.3 Å². The average molecular weight is 288 g/mol. The lowest BCUT2D eigenvalue weighted by molar-refractivity contribution is -0.116. The average Bonchev–Trinajstić information content (AvgIpc) is 2.48. The fourth-order valence-corrected chi connectivity index (χ4v) is 2.89. The second-order valence-corrected chi connectivity index (χ2v) is 5.82. The van der Waals surface area contributed by atoms with Crippen LogP contribution in [0.5, 0.6) is 5.75 Å². The normalized spacial score (nSPS) is 11.8. The van der Waals surface area contributed by atoms with Crippen molar-refractivity contribution >= 4 is 16.6 Å². The van der Waals surface area contributed by atoms with Crippen LogP contribution in [0.15, 0.2) is 59.5 Å². The molecular weight excluding hydrogens is 272 g/mol. The summed E-state index contributed by atoms with van der Waals surface area (Å²) in [6.45, 7) is 0. The fourth-order valence-electron chi connectivity index (χ4n) is 1.85. The van der Waals surface area contributed by atoms with Crippen molar-refractivity contribution < 1.29 is 13.7 Å². The van der Waals surface area contributed by atoms with Gasteiger partial charge in [0.2, 0.25) is 0 Å². The van der Waals surface area contributed by atoms with Crippen molar-refractivity contribution in [2.75, 3.05) is 12.9 Å². The molecule has 0 aliphatic carbocycles. The zero-order valence-electron chi connectivity index (χ0n) is 11.2. The van der Waals surface area contributed by atoms with Crippen molar-refractivity contribution in [2.24, 2.45) is 0 Å². The van der Waals surface area contributed by atoms with E-state index in [2.05, 4.69) is 0 Å². The molecule has 0 heterocycles. The van der Waals surface area contributed by atoms with Gasteiger partial charge in [-0.2, -0.15) is 0 Å². The molecule has 0 aromatic heterocycles. The molecule has 1 unspecified atom stereocenters. The lowest BCUT2D eigenvalue weighted by Gasteiger charge is -2.05. The first-order valence-electron chi connectivity index (χ1n) is 6.27. The van der Waals surface area contributed by atoms with Crippen molar-refractivity contribution in [1.82, 2.24) is 0 Å². The van der Waals surface area contributed by atoms with Gasteiger partial charge in [-0.3, -0.25) is 9.00 Å². The molecule has 2 aromatic rings. The van der Waals surface area contributed by atoms with E-state index in [1.54, 1.807) is 31.4 Å². The quantitative estimate of drug-likeness (QED) is 0.820. The van der Waals surface area contributed by atoms with Gasteiger partial charge in [0.1, 0.15) is 11.5 Å². The Hall–Kier alpha value is -1.94. The number of carbonyl (C=O) groups is 1. The first-order chi connectivity index (χ1) is 9.69. The second kappa shape index (κ2) is 7.01. The van der Waals surface area contributed by atoms with E-state index in [4.69, 9.17) is 4.74 Å². The lowest BCUT2D eigenvalue weighted by Crippen LogP contribution is -2.13. The highest BCUT2D eigenvalue weighted by Gasteiger charge is 2.11. The van der Waals surface area contributed by atoms with Crippen molar-refractivity contribution in [3.63, 3.8) is 0 Å². The Morgan fingerprint density at radius 1 is 1.10 bits per heavy atom. The van der Waals surface area contributed by atoms with Gasteiger partial charge in [-0.05, 0) is 23.8 Å². The summed E-state index contributed by atoms with van der Waals surface area (Å²) in [6.07, 6.45) is 0.316. The molecule has 3 nitrogen and oxygen atoms in total. The molecule has 0 N–H and O–H groups in total. The zero-order valence-corrected chi connectivity index (χ0v) is 12.1. The van der Waals surface area contributed by atoms with Gasteiger partial charge < -0.3 is 4.74 Å². The summed E-state index contributed by atoms with van der Waals surface area (Å²) in [4.78, 5) is 12.5. The first-order valence-corrected chi connectivity index (χ1v) is 7.59. The van der Waals surface area contributed by atoms with Gasteiger partial charge >= 0.3 is 0 Å². The molecule has 2 rings (SSSR count). The van der Waals surface area contributed by atoms with Gasteiger partial charge in [0.25, 0.3) is 0 Å². The third-order valence-corrected chi connectivity index (χ3v) is 4.20. The number of benzene rings is 2. The maximum Gasteiger partial charge on any atom is 0.150 e. The van der Waals surface area contributed by atoms with E-state index in [0.717, 1.165) is 5.56 Å². The Morgan fingerprint density at radius 2 is 1.85 bits per heavy atom. The smallest absolute Gasteiger partial charge is 0.150 e. The first kappa shape index (κ1) is 14.5. The molecule has 0 spiro atoms. The Bertz CT molecular complexity index is 608. The summed E-state index contributed by atoms with van der Waals surface area (Å²) in [6, 6.07) is 16.5. The second-order valence-electron chi connectivity index (χ2n) is 4.37. The van der Waals surface area contributed by atoms with Crippen LogP contribution in [0.25, 0.3) is 0 Å². The summed E-state index contributed by atoms with van der Waals surface area (Å²) in [5, 5.41) is 0. The SMILES string of the molecule is COc1cccc(S(=O)CC(=O)Cc2ccccc2)c1. The van der Waals surface area contributed by atoms with E-state index in [0.29, 0.717) is 17.1 Å². The summed E-state index contributed by atoms with van der Waals surface area (Å²) in [7, 11) is 0.230. The van der Waals surface area contributed by atoms with Crippen LogP contribution in [0.1, 0.15) is 5.56 Å². The minimum atomic E-state index is -1.33. The Labute approximate surface area is 121 Å². The molecule has 0 radical (unpaired) electrons. The molecule has 2 aromatic carbocycles. The maximum atomic E-state index is 12.1. The molecule has 4 heteroatoms. The van der Waals surface area contributed by atoms with E-state index < -0.39 is 10.8 Å². The minimum Gasteiger partial charge on any atom is -0.497 e. The zero-order chi connectivity index (χ0) is 14.4. The topological polar surface area (TPSA) is 43.4 Å². The molecule has 0 amide bonds. The number of rotatable bonds is 6. The summed E-state index contributed by atoms with van der Waals surface area (Å²) >= 11 is 0. The summed E-state index contributed by atoms with van der Waals surface area (Å²) < 4.78 is 17.2. The largest absolute Gasteiger partial charge is 0.497 e. The van der Waals surface area contributed by atoms with E-state index in [1.165, 1.54) is 0 Å². The number of hydrogen-bond donors (Lipinski definition) is 0. The Morgan fingerprint density at radius 3 is 2.55 bits per heavy atom. The molecular formula is C16H16O3S. The number of carbonyl (C=O) groups excluding carboxylic acids is 1. The van der Waals surface area contributed by atoms with E-state index in [9.17, 15) is 9.00 Å². The molecule has 20 heavy (non-hydrogen) atoms. The predicted octanol–water partition coefficient (Wildman–Crippen LogP) is 2.61. The molecule has 0 fully saturated rings. The van der Waals surface area contributed by atoms with Crippen LogP contribution in [0.3, 0.4) is 0 Å². The van der Waals surface area contributed by atoms with Crippen LogP contribution in [-0.4, -0.2) is 22.9 Å². The van der Waals surface area contributed by atoms with Crippen LogP contribution in [0.2, 0.25) is 0 Å². The van der Waals surface area contributed by atoms with Gasteiger partial charge in [0.15, 0.2) is 0 Å².